The highest BCUT2D eigenvalue weighted by molar-refractivity contribution is 6.30. The summed E-state index contributed by atoms with van der Waals surface area (Å²) in [5.41, 5.74) is 15.5. The second-order valence-electron chi connectivity index (χ2n) is 6.12. The van der Waals surface area contributed by atoms with Gasteiger partial charge in [-0.15, -0.1) is 0 Å². The number of nitrogens with zero attached hydrogens (tertiary/aromatic N) is 3. The van der Waals surface area contributed by atoms with Gasteiger partial charge < -0.3 is 11.5 Å². The van der Waals surface area contributed by atoms with Gasteiger partial charge >= 0.3 is 0 Å². The molecule has 0 aliphatic heterocycles. The Morgan fingerprint density at radius 3 is 2.74 bits per heavy atom. The zero-order valence-electron chi connectivity index (χ0n) is 14.3. The van der Waals surface area contributed by atoms with Crippen molar-refractivity contribution >= 4 is 34.1 Å². The van der Waals surface area contributed by atoms with Crippen LogP contribution < -0.4 is 11.5 Å². The van der Waals surface area contributed by atoms with E-state index in [4.69, 9.17) is 23.1 Å². The number of aryl methyl sites for hydroxylation is 1. The summed E-state index contributed by atoms with van der Waals surface area (Å²) in [6, 6.07) is 10.9. The maximum absolute atomic E-state index is 12.0. The standard InChI is InChI=1S/C19H15ClN6O/c1-9-5-6-13-12(8-23-26-13)14(9)16-15(21)17(18(22)27)25-19(24-16)10-3-2-4-11(20)7-10/h2-8H,21H2,1H3,(H2,22,27)(H,23,26). The quantitative estimate of drug-likeness (QED) is 0.504. The second kappa shape index (κ2) is 6.37. The molecule has 7 nitrogen and oxygen atoms in total. The van der Waals surface area contributed by atoms with Gasteiger partial charge in [0.15, 0.2) is 11.5 Å². The lowest BCUT2D eigenvalue weighted by Crippen LogP contribution is -2.18. The minimum Gasteiger partial charge on any atom is -0.395 e. The molecular weight excluding hydrogens is 364 g/mol. The monoisotopic (exact) mass is 378 g/mol. The predicted octanol–water partition coefficient (Wildman–Crippen LogP) is 3.33. The zero-order chi connectivity index (χ0) is 19.1. The topological polar surface area (TPSA) is 124 Å². The van der Waals surface area contributed by atoms with Gasteiger partial charge in [0.1, 0.15) is 0 Å². The van der Waals surface area contributed by atoms with Gasteiger partial charge in [0.25, 0.3) is 5.91 Å². The average molecular weight is 379 g/mol. The number of carbonyl (C=O) groups excluding carboxylic acids is 1. The van der Waals surface area contributed by atoms with E-state index in [0.29, 0.717) is 22.1 Å². The number of aromatic amines is 1. The molecule has 0 fully saturated rings. The molecule has 8 heteroatoms. The summed E-state index contributed by atoms with van der Waals surface area (Å²) in [4.78, 5) is 20.9. The number of hydrogen-bond donors (Lipinski definition) is 3. The fourth-order valence-corrected chi connectivity index (χ4v) is 3.24. The first-order chi connectivity index (χ1) is 13.0. The lowest BCUT2D eigenvalue weighted by molar-refractivity contribution is 0.0996. The molecule has 0 spiro atoms. The fraction of sp³-hybridized carbons (Fsp3) is 0.0526. The third kappa shape index (κ3) is 2.88. The van der Waals surface area contributed by atoms with E-state index in [2.05, 4.69) is 20.2 Å². The van der Waals surface area contributed by atoms with Gasteiger partial charge in [-0.1, -0.05) is 29.8 Å². The van der Waals surface area contributed by atoms with Crippen LogP contribution in [-0.4, -0.2) is 26.1 Å². The maximum Gasteiger partial charge on any atom is 0.269 e. The highest BCUT2D eigenvalue weighted by Gasteiger charge is 2.21. The summed E-state index contributed by atoms with van der Waals surface area (Å²) in [5, 5.41) is 8.39. The fourth-order valence-electron chi connectivity index (χ4n) is 3.05. The number of halogens is 1. The number of nitrogens with one attached hydrogen (secondary N) is 1. The van der Waals surface area contributed by atoms with Crippen molar-refractivity contribution in [2.75, 3.05) is 5.73 Å². The molecule has 1 amide bonds. The molecule has 0 saturated heterocycles. The lowest BCUT2D eigenvalue weighted by Gasteiger charge is -2.13. The minimum absolute atomic E-state index is 0.0325. The molecule has 0 atom stereocenters. The van der Waals surface area contributed by atoms with Crippen LogP contribution in [0.3, 0.4) is 0 Å². The highest BCUT2D eigenvalue weighted by Crippen LogP contribution is 2.35. The van der Waals surface area contributed by atoms with E-state index in [1.54, 1.807) is 30.5 Å². The summed E-state index contributed by atoms with van der Waals surface area (Å²) in [5.74, 6) is -0.410. The molecule has 0 unspecified atom stereocenters. The Morgan fingerprint density at radius 2 is 2.00 bits per heavy atom. The van der Waals surface area contributed by atoms with Crippen LogP contribution in [0.5, 0.6) is 0 Å². The SMILES string of the molecule is Cc1ccc2[nH]ncc2c1-c1nc(-c2cccc(Cl)c2)nc(C(N)=O)c1N. The third-order valence-corrected chi connectivity index (χ3v) is 4.57. The van der Waals surface area contributed by atoms with Gasteiger partial charge in [-0.25, -0.2) is 9.97 Å². The van der Waals surface area contributed by atoms with Gasteiger partial charge in [0, 0.05) is 21.5 Å². The van der Waals surface area contributed by atoms with E-state index in [9.17, 15) is 4.79 Å². The van der Waals surface area contributed by atoms with Crippen molar-refractivity contribution in [2.45, 2.75) is 6.92 Å². The van der Waals surface area contributed by atoms with Crippen molar-refractivity contribution in [1.82, 2.24) is 20.2 Å². The Morgan fingerprint density at radius 1 is 1.19 bits per heavy atom. The van der Waals surface area contributed by atoms with E-state index < -0.39 is 5.91 Å². The summed E-state index contributed by atoms with van der Waals surface area (Å²) in [6.07, 6.45) is 1.70. The number of fused-ring (bicyclic) bond motifs is 1. The maximum atomic E-state index is 12.0. The molecule has 5 N–H and O–H groups in total. The Hall–Kier alpha value is -3.45. The molecule has 0 saturated carbocycles. The third-order valence-electron chi connectivity index (χ3n) is 4.33. The molecule has 134 valence electrons. The van der Waals surface area contributed by atoms with Crippen LogP contribution in [0.2, 0.25) is 5.02 Å². The highest BCUT2D eigenvalue weighted by atomic mass is 35.5. The number of H-pyrrole nitrogens is 1. The van der Waals surface area contributed by atoms with Crippen molar-refractivity contribution < 1.29 is 4.79 Å². The van der Waals surface area contributed by atoms with Crippen molar-refractivity contribution in [3.05, 3.63) is 58.9 Å². The molecule has 2 heterocycles. The first kappa shape index (κ1) is 17.0. The zero-order valence-corrected chi connectivity index (χ0v) is 15.1. The molecular formula is C19H15ClN6O. The van der Waals surface area contributed by atoms with Gasteiger partial charge in [0.05, 0.1) is 23.1 Å². The lowest BCUT2D eigenvalue weighted by atomic mass is 9.99. The van der Waals surface area contributed by atoms with Gasteiger partial charge in [-0.2, -0.15) is 5.10 Å². The van der Waals surface area contributed by atoms with Crippen molar-refractivity contribution in [1.29, 1.82) is 0 Å². The average Bonchev–Trinajstić information content (AvgIpc) is 3.11. The molecule has 27 heavy (non-hydrogen) atoms. The Balaban J connectivity index is 2.07. The smallest absolute Gasteiger partial charge is 0.269 e. The Labute approximate surface area is 159 Å². The summed E-state index contributed by atoms with van der Waals surface area (Å²) < 4.78 is 0. The largest absolute Gasteiger partial charge is 0.395 e. The van der Waals surface area contributed by atoms with Gasteiger partial charge in [0.2, 0.25) is 0 Å². The predicted molar refractivity (Wildman–Crippen MR) is 105 cm³/mol. The molecule has 2 aromatic heterocycles. The number of carbonyl (C=O) groups is 1. The number of aromatic nitrogens is 4. The number of anilines is 1. The van der Waals surface area contributed by atoms with E-state index in [1.165, 1.54) is 0 Å². The van der Waals surface area contributed by atoms with Crippen LogP contribution in [0.1, 0.15) is 16.1 Å². The second-order valence-corrected chi connectivity index (χ2v) is 6.56. The first-order valence-electron chi connectivity index (χ1n) is 8.12. The molecule has 4 aromatic rings. The number of amides is 1. The van der Waals surface area contributed by atoms with Crippen molar-refractivity contribution in [2.24, 2.45) is 5.73 Å². The molecule has 0 radical (unpaired) electrons. The van der Waals surface area contributed by atoms with Crippen LogP contribution in [0.25, 0.3) is 33.5 Å². The molecule has 4 rings (SSSR count). The minimum atomic E-state index is -0.726. The molecule has 0 bridgehead atoms. The van der Waals surface area contributed by atoms with Crippen LogP contribution in [-0.2, 0) is 0 Å². The number of primary amides is 1. The van der Waals surface area contributed by atoms with E-state index in [-0.39, 0.29) is 11.4 Å². The summed E-state index contributed by atoms with van der Waals surface area (Å²) >= 11 is 6.09. The van der Waals surface area contributed by atoms with E-state index >= 15 is 0 Å². The van der Waals surface area contributed by atoms with E-state index in [0.717, 1.165) is 22.0 Å². The summed E-state index contributed by atoms with van der Waals surface area (Å²) in [6.45, 7) is 1.94. The van der Waals surface area contributed by atoms with Crippen molar-refractivity contribution in [3.63, 3.8) is 0 Å². The number of nitrogens with two attached hydrogens (primary N) is 2. The molecule has 2 aromatic carbocycles. The molecule has 0 aliphatic carbocycles. The number of benzene rings is 2. The normalized spacial score (nSPS) is 11.0. The van der Waals surface area contributed by atoms with Crippen LogP contribution in [0.15, 0.2) is 42.6 Å². The van der Waals surface area contributed by atoms with Crippen LogP contribution >= 0.6 is 11.6 Å². The number of nitrogen functional groups attached to an aromatic ring is 1. The van der Waals surface area contributed by atoms with Gasteiger partial charge in [-0.05, 0) is 30.7 Å². The Bertz CT molecular complexity index is 1200. The number of rotatable bonds is 3. The molecule has 0 aliphatic rings. The number of hydrogen-bond acceptors (Lipinski definition) is 5. The Kier molecular flexibility index (Phi) is 4.01. The van der Waals surface area contributed by atoms with Crippen LogP contribution in [0, 0.1) is 6.92 Å². The summed E-state index contributed by atoms with van der Waals surface area (Å²) in [7, 11) is 0. The van der Waals surface area contributed by atoms with Crippen LogP contribution in [0.4, 0.5) is 5.69 Å². The first-order valence-corrected chi connectivity index (χ1v) is 8.50. The van der Waals surface area contributed by atoms with Crippen molar-refractivity contribution in [3.8, 4) is 22.6 Å². The van der Waals surface area contributed by atoms with Gasteiger partial charge in [-0.3, -0.25) is 9.89 Å². The van der Waals surface area contributed by atoms with E-state index in [1.807, 2.05) is 19.1 Å².